The van der Waals surface area contributed by atoms with E-state index in [0.29, 0.717) is 24.2 Å². The highest BCUT2D eigenvalue weighted by Gasteiger charge is 2.28. The molecule has 1 aromatic heterocycles. The molecule has 0 aromatic carbocycles. The topological polar surface area (TPSA) is 71.1 Å². The molecule has 0 aliphatic heterocycles. The van der Waals surface area contributed by atoms with Crippen LogP contribution in [0, 0.1) is 11.8 Å². The van der Waals surface area contributed by atoms with Gasteiger partial charge in [-0.3, -0.25) is 0 Å². The summed E-state index contributed by atoms with van der Waals surface area (Å²) in [7, 11) is -3.44. The molecule has 6 heteroatoms. The van der Waals surface area contributed by atoms with Crippen molar-refractivity contribution in [1.82, 2.24) is 9.71 Å². The van der Waals surface area contributed by atoms with Crippen molar-refractivity contribution in [3.05, 3.63) is 18.3 Å². The van der Waals surface area contributed by atoms with Gasteiger partial charge in [-0.25, -0.2) is 18.1 Å². The number of anilines is 1. The molecule has 0 saturated heterocycles. The van der Waals surface area contributed by atoms with Crippen LogP contribution in [0.4, 0.5) is 5.82 Å². The zero-order chi connectivity index (χ0) is 14.6. The minimum atomic E-state index is -3.44. The van der Waals surface area contributed by atoms with E-state index in [9.17, 15) is 8.42 Å². The number of sulfonamides is 1. The molecule has 2 N–H and O–H groups in total. The Balaban J connectivity index is 1.93. The third kappa shape index (κ3) is 4.18. The first-order valence-electron chi connectivity index (χ1n) is 7.22. The lowest BCUT2D eigenvalue weighted by molar-refractivity contribution is 0.491. The predicted octanol–water partition coefficient (Wildman–Crippen LogP) is 2.23. The Kier molecular flexibility index (Phi) is 4.99. The summed E-state index contributed by atoms with van der Waals surface area (Å²) in [6.07, 6.45) is 4.86. The Hall–Kier alpha value is -1.14. The number of aromatic nitrogens is 1. The van der Waals surface area contributed by atoms with Crippen LogP contribution in [0.5, 0.6) is 0 Å². The van der Waals surface area contributed by atoms with Crippen molar-refractivity contribution < 1.29 is 8.42 Å². The van der Waals surface area contributed by atoms with Gasteiger partial charge in [0.15, 0.2) is 0 Å². The van der Waals surface area contributed by atoms with Gasteiger partial charge in [0.25, 0.3) is 0 Å². The lowest BCUT2D eigenvalue weighted by atomic mass is 10.1. The maximum atomic E-state index is 12.1. The number of nitrogens with zero attached hydrogens (tertiary/aromatic N) is 1. The summed E-state index contributed by atoms with van der Waals surface area (Å²) in [5.74, 6) is 1.80. The molecule has 0 amide bonds. The molecular weight excluding hydrogens is 274 g/mol. The monoisotopic (exact) mass is 297 g/mol. The maximum absolute atomic E-state index is 12.1. The first-order valence-corrected chi connectivity index (χ1v) is 8.71. The smallest absolute Gasteiger partial charge is 0.242 e. The first kappa shape index (κ1) is 15.3. The normalized spacial score (nSPS) is 16.9. The van der Waals surface area contributed by atoms with Gasteiger partial charge in [0.2, 0.25) is 10.0 Å². The third-order valence-corrected chi connectivity index (χ3v) is 5.03. The molecule has 112 valence electrons. The van der Waals surface area contributed by atoms with E-state index < -0.39 is 10.0 Å². The molecule has 0 radical (unpaired) electrons. The van der Waals surface area contributed by atoms with Gasteiger partial charge in [-0.15, -0.1) is 0 Å². The van der Waals surface area contributed by atoms with Crippen molar-refractivity contribution >= 4 is 15.8 Å². The molecular formula is C14H23N3O2S. The SMILES string of the molecule is CCCNc1ccc(S(=O)(=O)NCC(C)C2CC2)cn1. The zero-order valence-corrected chi connectivity index (χ0v) is 12.9. The Morgan fingerprint density at radius 1 is 1.40 bits per heavy atom. The third-order valence-electron chi connectivity index (χ3n) is 3.62. The Morgan fingerprint density at radius 2 is 2.15 bits per heavy atom. The molecule has 1 aliphatic carbocycles. The summed E-state index contributed by atoms with van der Waals surface area (Å²) in [6, 6.07) is 3.30. The standard InChI is InChI=1S/C14H23N3O2S/c1-3-8-15-14-7-6-13(10-16-14)20(18,19)17-9-11(2)12-4-5-12/h6-7,10-12,17H,3-5,8-9H2,1-2H3,(H,15,16). The second-order valence-corrected chi connectivity index (χ2v) is 7.24. The molecule has 2 rings (SSSR count). The molecule has 1 fully saturated rings. The minimum Gasteiger partial charge on any atom is -0.370 e. The van der Waals surface area contributed by atoms with Gasteiger partial charge in [-0.05, 0) is 43.2 Å². The van der Waals surface area contributed by atoms with Crippen LogP contribution >= 0.6 is 0 Å². The van der Waals surface area contributed by atoms with Crippen molar-refractivity contribution in [1.29, 1.82) is 0 Å². The average molecular weight is 297 g/mol. The largest absolute Gasteiger partial charge is 0.370 e. The molecule has 0 spiro atoms. The minimum absolute atomic E-state index is 0.225. The average Bonchev–Trinajstić information content (AvgIpc) is 3.27. The molecule has 1 unspecified atom stereocenters. The van der Waals surface area contributed by atoms with Crippen molar-refractivity contribution in [2.45, 2.75) is 38.0 Å². The fourth-order valence-electron chi connectivity index (χ4n) is 2.05. The molecule has 1 atom stereocenters. The fourth-order valence-corrected chi connectivity index (χ4v) is 3.14. The van der Waals surface area contributed by atoms with E-state index in [1.807, 2.05) is 0 Å². The van der Waals surface area contributed by atoms with Crippen LogP contribution in [-0.4, -0.2) is 26.5 Å². The number of nitrogens with one attached hydrogen (secondary N) is 2. The second kappa shape index (κ2) is 6.54. The van der Waals surface area contributed by atoms with Crippen LogP contribution < -0.4 is 10.0 Å². The van der Waals surface area contributed by atoms with Gasteiger partial charge in [-0.2, -0.15) is 0 Å². The van der Waals surface area contributed by atoms with E-state index in [1.54, 1.807) is 12.1 Å². The van der Waals surface area contributed by atoms with Crippen molar-refractivity contribution in [2.24, 2.45) is 11.8 Å². The summed E-state index contributed by atoms with van der Waals surface area (Å²) in [6.45, 7) is 5.49. The lowest BCUT2D eigenvalue weighted by Gasteiger charge is -2.12. The lowest BCUT2D eigenvalue weighted by Crippen LogP contribution is -2.29. The number of pyridine rings is 1. The molecule has 20 heavy (non-hydrogen) atoms. The molecule has 1 heterocycles. The molecule has 5 nitrogen and oxygen atoms in total. The van der Waals surface area contributed by atoms with Gasteiger partial charge >= 0.3 is 0 Å². The zero-order valence-electron chi connectivity index (χ0n) is 12.1. The number of rotatable bonds is 8. The van der Waals surface area contributed by atoms with Crippen LogP contribution in [0.2, 0.25) is 0 Å². The van der Waals surface area contributed by atoms with Crippen LogP contribution in [0.25, 0.3) is 0 Å². The first-order chi connectivity index (χ1) is 9.53. The van der Waals surface area contributed by atoms with E-state index in [1.165, 1.54) is 19.0 Å². The van der Waals surface area contributed by atoms with E-state index in [4.69, 9.17) is 0 Å². The van der Waals surface area contributed by atoms with E-state index in [2.05, 4.69) is 28.9 Å². The van der Waals surface area contributed by atoms with Gasteiger partial charge in [0, 0.05) is 19.3 Å². The Bertz CT molecular complexity index is 524. The van der Waals surface area contributed by atoms with Gasteiger partial charge in [0.05, 0.1) is 0 Å². The van der Waals surface area contributed by atoms with Crippen molar-refractivity contribution in [2.75, 3.05) is 18.4 Å². The predicted molar refractivity (Wildman–Crippen MR) is 80.1 cm³/mol. The van der Waals surface area contributed by atoms with Gasteiger partial charge in [0.1, 0.15) is 10.7 Å². The fraction of sp³-hybridized carbons (Fsp3) is 0.643. The summed E-state index contributed by atoms with van der Waals surface area (Å²) < 4.78 is 26.9. The highest BCUT2D eigenvalue weighted by Crippen LogP contribution is 2.36. The van der Waals surface area contributed by atoms with Crippen LogP contribution in [0.1, 0.15) is 33.1 Å². The van der Waals surface area contributed by atoms with Gasteiger partial charge < -0.3 is 5.32 Å². The van der Waals surface area contributed by atoms with Gasteiger partial charge in [-0.1, -0.05) is 13.8 Å². The Labute approximate surface area is 121 Å². The van der Waals surface area contributed by atoms with Crippen LogP contribution in [0.15, 0.2) is 23.2 Å². The summed E-state index contributed by atoms with van der Waals surface area (Å²) >= 11 is 0. The van der Waals surface area contributed by atoms with E-state index >= 15 is 0 Å². The summed E-state index contributed by atoms with van der Waals surface area (Å²) in [5, 5.41) is 3.12. The highest BCUT2D eigenvalue weighted by atomic mass is 32.2. The molecule has 1 aliphatic rings. The van der Waals surface area contributed by atoms with Crippen molar-refractivity contribution in [3.8, 4) is 0 Å². The van der Waals surface area contributed by atoms with Crippen LogP contribution in [-0.2, 0) is 10.0 Å². The van der Waals surface area contributed by atoms with Crippen molar-refractivity contribution in [3.63, 3.8) is 0 Å². The maximum Gasteiger partial charge on any atom is 0.242 e. The quantitative estimate of drug-likeness (QED) is 0.772. The van der Waals surface area contributed by atoms with E-state index in [-0.39, 0.29) is 4.90 Å². The Morgan fingerprint density at radius 3 is 2.70 bits per heavy atom. The molecule has 0 bridgehead atoms. The molecule has 1 saturated carbocycles. The summed E-state index contributed by atoms with van der Waals surface area (Å²) in [4.78, 5) is 4.35. The second-order valence-electron chi connectivity index (χ2n) is 5.47. The number of hydrogen-bond donors (Lipinski definition) is 2. The van der Waals surface area contributed by atoms with Crippen LogP contribution in [0.3, 0.4) is 0 Å². The van der Waals surface area contributed by atoms with E-state index in [0.717, 1.165) is 13.0 Å². The summed E-state index contributed by atoms with van der Waals surface area (Å²) in [5.41, 5.74) is 0. The molecule has 1 aromatic rings. The highest BCUT2D eigenvalue weighted by molar-refractivity contribution is 7.89. The number of hydrogen-bond acceptors (Lipinski definition) is 4.